The van der Waals surface area contributed by atoms with E-state index in [0.717, 1.165) is 4.47 Å². The molecule has 1 aromatic carbocycles. The van der Waals surface area contributed by atoms with Crippen molar-refractivity contribution in [1.82, 2.24) is 4.98 Å². The van der Waals surface area contributed by atoms with E-state index in [0.29, 0.717) is 22.7 Å². The van der Waals surface area contributed by atoms with Crippen LogP contribution >= 0.6 is 27.5 Å². The molecular weight excluding hydrogens is 321 g/mol. The summed E-state index contributed by atoms with van der Waals surface area (Å²) in [6.45, 7) is 1.82. The predicted molar refractivity (Wildman–Crippen MR) is 71.0 cm³/mol. The van der Waals surface area contributed by atoms with Crippen molar-refractivity contribution in [2.75, 3.05) is 0 Å². The van der Waals surface area contributed by atoms with E-state index in [-0.39, 0.29) is 11.7 Å². The topological polar surface area (TPSA) is 63.3 Å². The minimum absolute atomic E-state index is 0.136. The molecule has 1 N–H and O–H groups in total. The van der Waals surface area contributed by atoms with E-state index < -0.39 is 5.97 Å². The average molecular weight is 331 g/mol. The Balaban J connectivity index is 2.57. The standard InChI is InChI=1S/C12H9BrClNO3/c1-2-9-10(12(16)17)18-11(15-9)7-5-6(13)3-4-8(7)14/h3-5H,2H2,1H3,(H,16,17). The van der Waals surface area contributed by atoms with Crippen LogP contribution in [0.5, 0.6) is 0 Å². The summed E-state index contributed by atoms with van der Waals surface area (Å²) in [4.78, 5) is 15.2. The lowest BCUT2D eigenvalue weighted by Gasteiger charge is -1.99. The van der Waals surface area contributed by atoms with Gasteiger partial charge in [0, 0.05) is 4.47 Å². The Morgan fingerprint density at radius 3 is 2.83 bits per heavy atom. The second kappa shape index (κ2) is 5.12. The summed E-state index contributed by atoms with van der Waals surface area (Å²) < 4.78 is 6.09. The molecule has 6 heteroatoms. The fourth-order valence-corrected chi connectivity index (χ4v) is 2.09. The Kier molecular flexibility index (Phi) is 3.73. The first-order chi connectivity index (χ1) is 8.52. The molecule has 0 aliphatic carbocycles. The predicted octanol–water partition coefficient (Wildman–Crippen LogP) is 4.02. The molecule has 0 spiro atoms. The molecule has 4 nitrogen and oxygen atoms in total. The van der Waals surface area contributed by atoms with Gasteiger partial charge in [-0.2, -0.15) is 0 Å². The highest BCUT2D eigenvalue weighted by Crippen LogP contribution is 2.31. The van der Waals surface area contributed by atoms with E-state index in [1.54, 1.807) is 18.2 Å². The van der Waals surface area contributed by atoms with Crippen LogP contribution in [0.4, 0.5) is 0 Å². The van der Waals surface area contributed by atoms with Gasteiger partial charge in [-0.15, -0.1) is 0 Å². The zero-order valence-corrected chi connectivity index (χ0v) is 11.7. The molecule has 18 heavy (non-hydrogen) atoms. The minimum Gasteiger partial charge on any atom is -0.475 e. The highest BCUT2D eigenvalue weighted by Gasteiger charge is 2.20. The number of aryl methyl sites for hydroxylation is 1. The molecule has 2 aromatic rings. The normalized spacial score (nSPS) is 10.6. The molecule has 0 aliphatic heterocycles. The maximum atomic E-state index is 11.0. The molecule has 1 heterocycles. The van der Waals surface area contributed by atoms with E-state index in [2.05, 4.69) is 20.9 Å². The van der Waals surface area contributed by atoms with Crippen LogP contribution in [0.25, 0.3) is 11.5 Å². The van der Waals surface area contributed by atoms with E-state index in [1.807, 2.05) is 6.92 Å². The van der Waals surface area contributed by atoms with E-state index in [1.165, 1.54) is 0 Å². The van der Waals surface area contributed by atoms with Gasteiger partial charge in [0.15, 0.2) is 0 Å². The summed E-state index contributed by atoms with van der Waals surface area (Å²) in [5.41, 5.74) is 0.974. The molecule has 0 saturated carbocycles. The van der Waals surface area contributed by atoms with Crippen LogP contribution in [-0.4, -0.2) is 16.1 Å². The van der Waals surface area contributed by atoms with Gasteiger partial charge in [-0.1, -0.05) is 34.5 Å². The number of carboxylic acid groups (broad SMARTS) is 1. The molecule has 0 amide bonds. The number of aromatic carboxylic acids is 1. The van der Waals surface area contributed by atoms with Crippen molar-refractivity contribution in [2.24, 2.45) is 0 Å². The van der Waals surface area contributed by atoms with Gasteiger partial charge in [-0.05, 0) is 24.6 Å². The van der Waals surface area contributed by atoms with Crippen LogP contribution in [0.3, 0.4) is 0 Å². The molecule has 0 unspecified atom stereocenters. The maximum Gasteiger partial charge on any atom is 0.373 e. The second-order valence-electron chi connectivity index (χ2n) is 3.58. The molecule has 1 aromatic heterocycles. The molecular formula is C12H9BrClNO3. The van der Waals surface area contributed by atoms with Gasteiger partial charge >= 0.3 is 5.97 Å². The molecule has 0 radical (unpaired) electrons. The summed E-state index contributed by atoms with van der Waals surface area (Å²) in [7, 11) is 0. The lowest BCUT2D eigenvalue weighted by molar-refractivity contribution is 0.0662. The number of benzene rings is 1. The van der Waals surface area contributed by atoms with Crippen molar-refractivity contribution >= 4 is 33.5 Å². The Morgan fingerprint density at radius 2 is 2.28 bits per heavy atom. The average Bonchev–Trinajstić information content (AvgIpc) is 2.76. The van der Waals surface area contributed by atoms with Crippen molar-refractivity contribution in [1.29, 1.82) is 0 Å². The largest absolute Gasteiger partial charge is 0.475 e. The molecule has 0 fully saturated rings. The third-order valence-electron chi connectivity index (χ3n) is 2.39. The number of halogens is 2. The van der Waals surface area contributed by atoms with Crippen molar-refractivity contribution < 1.29 is 14.3 Å². The summed E-state index contributed by atoms with van der Waals surface area (Å²) in [5, 5.41) is 9.46. The van der Waals surface area contributed by atoms with Crippen LogP contribution in [0, 0.1) is 0 Å². The highest BCUT2D eigenvalue weighted by molar-refractivity contribution is 9.10. The molecule has 0 aliphatic rings. The van der Waals surface area contributed by atoms with Gasteiger partial charge in [0.05, 0.1) is 16.3 Å². The van der Waals surface area contributed by atoms with Crippen LogP contribution in [0.1, 0.15) is 23.2 Å². The second-order valence-corrected chi connectivity index (χ2v) is 4.90. The van der Waals surface area contributed by atoms with Crippen molar-refractivity contribution in [3.8, 4) is 11.5 Å². The first-order valence-corrected chi connectivity index (χ1v) is 6.38. The highest BCUT2D eigenvalue weighted by atomic mass is 79.9. The first-order valence-electron chi connectivity index (χ1n) is 5.21. The van der Waals surface area contributed by atoms with Crippen LogP contribution in [0.15, 0.2) is 27.1 Å². The molecule has 0 atom stereocenters. The van der Waals surface area contributed by atoms with E-state index >= 15 is 0 Å². The Labute approximate surface area is 117 Å². The quantitative estimate of drug-likeness (QED) is 0.923. The number of nitrogens with zero attached hydrogens (tertiary/aromatic N) is 1. The molecule has 94 valence electrons. The third kappa shape index (κ3) is 2.42. The van der Waals surface area contributed by atoms with Gasteiger partial charge in [0.2, 0.25) is 11.7 Å². The van der Waals surface area contributed by atoms with Gasteiger partial charge in [-0.25, -0.2) is 9.78 Å². The summed E-state index contributed by atoms with van der Waals surface area (Å²) in [6.07, 6.45) is 0.483. The van der Waals surface area contributed by atoms with E-state index in [9.17, 15) is 4.79 Å². The fraction of sp³-hybridized carbons (Fsp3) is 0.167. The Bertz CT molecular complexity index is 609. The number of hydrogen-bond donors (Lipinski definition) is 1. The van der Waals surface area contributed by atoms with Crippen molar-refractivity contribution in [3.05, 3.63) is 39.1 Å². The summed E-state index contributed by atoms with van der Waals surface area (Å²) in [6, 6.07) is 5.21. The number of rotatable bonds is 3. The minimum atomic E-state index is -1.13. The number of oxazole rings is 1. The van der Waals surface area contributed by atoms with E-state index in [4.69, 9.17) is 21.1 Å². The SMILES string of the molecule is CCc1nc(-c2cc(Br)ccc2Cl)oc1C(=O)O. The van der Waals surface area contributed by atoms with Crippen LogP contribution in [-0.2, 0) is 6.42 Å². The van der Waals surface area contributed by atoms with Crippen molar-refractivity contribution in [2.45, 2.75) is 13.3 Å². The number of hydrogen-bond acceptors (Lipinski definition) is 3. The lowest BCUT2D eigenvalue weighted by atomic mass is 10.2. The Hall–Kier alpha value is -1.33. The monoisotopic (exact) mass is 329 g/mol. The lowest BCUT2D eigenvalue weighted by Crippen LogP contribution is -1.98. The first kappa shape index (κ1) is 13.1. The molecule has 0 saturated heterocycles. The third-order valence-corrected chi connectivity index (χ3v) is 3.21. The Morgan fingerprint density at radius 1 is 1.56 bits per heavy atom. The van der Waals surface area contributed by atoms with Gasteiger partial charge < -0.3 is 9.52 Å². The molecule has 0 bridgehead atoms. The molecule has 2 rings (SSSR count). The summed E-state index contributed by atoms with van der Waals surface area (Å²) >= 11 is 9.37. The van der Waals surface area contributed by atoms with Gasteiger partial charge in [-0.3, -0.25) is 0 Å². The number of carbonyl (C=O) groups is 1. The smallest absolute Gasteiger partial charge is 0.373 e. The summed E-state index contributed by atoms with van der Waals surface area (Å²) in [5.74, 6) is -1.05. The zero-order chi connectivity index (χ0) is 13.3. The van der Waals surface area contributed by atoms with Gasteiger partial charge in [0.1, 0.15) is 0 Å². The van der Waals surface area contributed by atoms with Crippen LogP contribution in [0.2, 0.25) is 5.02 Å². The zero-order valence-electron chi connectivity index (χ0n) is 9.41. The maximum absolute atomic E-state index is 11.0. The number of aromatic nitrogens is 1. The number of carboxylic acids is 1. The van der Waals surface area contributed by atoms with Crippen LogP contribution < -0.4 is 0 Å². The van der Waals surface area contributed by atoms with Gasteiger partial charge in [0.25, 0.3) is 0 Å². The fourth-order valence-electron chi connectivity index (χ4n) is 1.54. The van der Waals surface area contributed by atoms with Crippen molar-refractivity contribution in [3.63, 3.8) is 0 Å².